The normalized spacial score (nSPS) is 23.4. The molecule has 2 rings (SSSR count). The molecule has 0 radical (unpaired) electrons. The lowest BCUT2D eigenvalue weighted by atomic mass is 9.83. The molecule has 2 aliphatic rings. The molecule has 0 atom stereocenters. The van der Waals surface area contributed by atoms with E-state index in [-0.39, 0.29) is 18.3 Å². The molecule has 0 aromatic carbocycles. The Morgan fingerprint density at radius 2 is 1.61 bits per heavy atom. The third-order valence-electron chi connectivity index (χ3n) is 3.55. The van der Waals surface area contributed by atoms with Gasteiger partial charge in [-0.15, -0.1) is 5.06 Å². The number of hydrogen-bond acceptors (Lipinski definition) is 4. The van der Waals surface area contributed by atoms with Crippen molar-refractivity contribution in [1.29, 1.82) is 0 Å². The molecular formula is C12H18N2O4. The van der Waals surface area contributed by atoms with Crippen LogP contribution in [0.5, 0.6) is 0 Å². The number of rotatable bonds is 1. The monoisotopic (exact) mass is 254 g/mol. The Morgan fingerprint density at radius 3 is 2.11 bits per heavy atom. The summed E-state index contributed by atoms with van der Waals surface area (Å²) in [5.41, 5.74) is 0.232. The van der Waals surface area contributed by atoms with Gasteiger partial charge in [-0.05, 0) is 18.3 Å². The third kappa shape index (κ3) is 2.63. The number of carbonyl (C=O) groups excluding carboxylic acids is 3. The van der Waals surface area contributed by atoms with E-state index >= 15 is 0 Å². The lowest BCUT2D eigenvalue weighted by Gasteiger charge is -2.36. The van der Waals surface area contributed by atoms with Crippen LogP contribution in [0.25, 0.3) is 0 Å². The maximum atomic E-state index is 11.8. The van der Waals surface area contributed by atoms with Crippen molar-refractivity contribution in [3.8, 4) is 0 Å². The number of hydroxylamine groups is 2. The van der Waals surface area contributed by atoms with Gasteiger partial charge in [-0.3, -0.25) is 9.59 Å². The smallest absolute Gasteiger partial charge is 0.311 e. The molecule has 0 spiro atoms. The van der Waals surface area contributed by atoms with Crippen LogP contribution in [-0.2, 0) is 14.4 Å². The van der Waals surface area contributed by atoms with Crippen LogP contribution in [0.1, 0.15) is 39.5 Å². The quantitative estimate of drug-likeness (QED) is 0.662. The average molecular weight is 254 g/mol. The van der Waals surface area contributed by atoms with Gasteiger partial charge in [0.15, 0.2) is 0 Å². The summed E-state index contributed by atoms with van der Waals surface area (Å²) in [6.07, 6.45) is 1.43. The molecular weight excluding hydrogens is 236 g/mol. The summed E-state index contributed by atoms with van der Waals surface area (Å²) in [5.74, 6) is -0.878. The van der Waals surface area contributed by atoms with Crippen LogP contribution < -0.4 is 0 Å². The van der Waals surface area contributed by atoms with E-state index in [1.54, 1.807) is 4.90 Å². The van der Waals surface area contributed by atoms with Crippen molar-refractivity contribution >= 4 is 17.9 Å². The number of likely N-dealkylation sites (tertiary alicyclic amines) is 1. The molecule has 2 heterocycles. The van der Waals surface area contributed by atoms with E-state index < -0.39 is 17.9 Å². The Hall–Kier alpha value is -1.59. The molecule has 0 bridgehead atoms. The van der Waals surface area contributed by atoms with Gasteiger partial charge in [0.25, 0.3) is 11.8 Å². The molecule has 0 N–H and O–H groups in total. The topological polar surface area (TPSA) is 66.9 Å². The number of imide groups is 1. The van der Waals surface area contributed by atoms with E-state index in [9.17, 15) is 14.4 Å². The van der Waals surface area contributed by atoms with Gasteiger partial charge in [0, 0.05) is 25.9 Å². The van der Waals surface area contributed by atoms with E-state index in [1.807, 2.05) is 0 Å². The first-order chi connectivity index (χ1) is 8.39. The van der Waals surface area contributed by atoms with E-state index in [0.29, 0.717) is 18.2 Å². The van der Waals surface area contributed by atoms with Gasteiger partial charge in [-0.2, -0.15) is 0 Å². The molecule has 18 heavy (non-hydrogen) atoms. The summed E-state index contributed by atoms with van der Waals surface area (Å²) >= 11 is 0. The predicted molar refractivity (Wildman–Crippen MR) is 62.2 cm³/mol. The van der Waals surface area contributed by atoms with Crippen LogP contribution in [0.2, 0.25) is 0 Å². The average Bonchev–Trinajstić information content (AvgIpc) is 2.60. The molecule has 2 aliphatic heterocycles. The number of piperidine rings is 1. The Morgan fingerprint density at radius 1 is 1.11 bits per heavy atom. The molecule has 0 saturated carbocycles. The van der Waals surface area contributed by atoms with Gasteiger partial charge < -0.3 is 9.74 Å². The molecule has 6 nitrogen and oxygen atoms in total. The summed E-state index contributed by atoms with van der Waals surface area (Å²) in [5, 5.41) is 0.599. The van der Waals surface area contributed by atoms with Gasteiger partial charge in [-0.25, -0.2) is 4.79 Å². The number of hydrogen-bond donors (Lipinski definition) is 0. The minimum atomic E-state index is -0.603. The minimum Gasteiger partial charge on any atom is -0.311 e. The van der Waals surface area contributed by atoms with Gasteiger partial charge in [0.1, 0.15) is 0 Å². The van der Waals surface area contributed by atoms with Crippen LogP contribution in [0.15, 0.2) is 0 Å². The third-order valence-corrected chi connectivity index (χ3v) is 3.55. The van der Waals surface area contributed by atoms with Crippen LogP contribution in [0.3, 0.4) is 0 Å². The van der Waals surface area contributed by atoms with Crippen molar-refractivity contribution < 1.29 is 19.2 Å². The Kier molecular flexibility index (Phi) is 3.28. The zero-order valence-corrected chi connectivity index (χ0v) is 10.8. The molecule has 2 fully saturated rings. The largest absolute Gasteiger partial charge is 0.434 e. The lowest BCUT2D eigenvalue weighted by molar-refractivity contribution is -0.174. The predicted octanol–water partition coefficient (Wildman–Crippen LogP) is 1.31. The van der Waals surface area contributed by atoms with E-state index in [0.717, 1.165) is 12.8 Å². The summed E-state index contributed by atoms with van der Waals surface area (Å²) < 4.78 is 0. The second kappa shape index (κ2) is 4.59. The van der Waals surface area contributed by atoms with E-state index in [4.69, 9.17) is 4.84 Å². The number of amides is 3. The van der Waals surface area contributed by atoms with Crippen molar-refractivity contribution in [2.24, 2.45) is 5.41 Å². The van der Waals surface area contributed by atoms with E-state index in [1.165, 1.54) is 0 Å². The summed E-state index contributed by atoms with van der Waals surface area (Å²) in [7, 11) is 0. The molecule has 2 saturated heterocycles. The molecule has 0 aliphatic carbocycles. The zero-order chi connectivity index (χ0) is 13.3. The number of carbonyl (C=O) groups is 3. The summed E-state index contributed by atoms with van der Waals surface area (Å²) in [6.45, 7) is 5.51. The van der Waals surface area contributed by atoms with Crippen LogP contribution in [0.4, 0.5) is 4.79 Å². The highest BCUT2D eigenvalue weighted by Crippen LogP contribution is 2.30. The standard InChI is InChI=1S/C12H18N2O4/c1-12(2)5-7-13(8-6-12)11(17)18-14-9(15)3-4-10(14)16/h3-8H2,1-2H3. The Bertz CT molecular complexity index is 366. The van der Waals surface area contributed by atoms with Crippen LogP contribution >= 0.6 is 0 Å². The Balaban J connectivity index is 1.89. The molecule has 3 amide bonds. The first-order valence-electron chi connectivity index (χ1n) is 6.22. The summed E-state index contributed by atoms with van der Waals surface area (Å²) in [6, 6.07) is 0. The molecule has 100 valence electrons. The maximum absolute atomic E-state index is 11.8. The fourth-order valence-corrected chi connectivity index (χ4v) is 2.09. The first-order valence-corrected chi connectivity index (χ1v) is 6.22. The fraction of sp³-hybridized carbons (Fsp3) is 0.750. The molecule has 6 heteroatoms. The van der Waals surface area contributed by atoms with Crippen LogP contribution in [0, 0.1) is 5.41 Å². The van der Waals surface area contributed by atoms with Gasteiger partial charge in [0.2, 0.25) is 0 Å². The van der Waals surface area contributed by atoms with Crippen molar-refractivity contribution in [3.05, 3.63) is 0 Å². The second-order valence-corrected chi connectivity index (χ2v) is 5.59. The Labute approximate surface area is 106 Å². The number of nitrogens with zero attached hydrogens (tertiary/aromatic N) is 2. The summed E-state index contributed by atoms with van der Waals surface area (Å²) in [4.78, 5) is 40.9. The van der Waals surface area contributed by atoms with Crippen molar-refractivity contribution in [2.45, 2.75) is 39.5 Å². The van der Waals surface area contributed by atoms with Gasteiger partial charge in [-0.1, -0.05) is 13.8 Å². The highest BCUT2D eigenvalue weighted by molar-refractivity contribution is 6.01. The highest BCUT2D eigenvalue weighted by atomic mass is 16.7. The molecule has 0 aromatic heterocycles. The van der Waals surface area contributed by atoms with E-state index in [2.05, 4.69) is 13.8 Å². The SMILES string of the molecule is CC1(C)CCN(C(=O)ON2C(=O)CCC2=O)CC1. The minimum absolute atomic E-state index is 0.124. The molecule has 0 unspecified atom stereocenters. The maximum Gasteiger partial charge on any atom is 0.434 e. The second-order valence-electron chi connectivity index (χ2n) is 5.59. The fourth-order valence-electron chi connectivity index (χ4n) is 2.09. The molecule has 0 aromatic rings. The lowest BCUT2D eigenvalue weighted by Crippen LogP contribution is -2.44. The zero-order valence-electron chi connectivity index (χ0n) is 10.8. The van der Waals surface area contributed by atoms with Crippen molar-refractivity contribution in [2.75, 3.05) is 13.1 Å². The van der Waals surface area contributed by atoms with Crippen LogP contribution in [-0.4, -0.2) is 41.0 Å². The van der Waals surface area contributed by atoms with Gasteiger partial charge in [0.05, 0.1) is 0 Å². The first kappa shape index (κ1) is 12.9. The van der Waals surface area contributed by atoms with Crippen molar-refractivity contribution in [1.82, 2.24) is 9.96 Å². The highest BCUT2D eigenvalue weighted by Gasteiger charge is 2.35. The van der Waals surface area contributed by atoms with Gasteiger partial charge >= 0.3 is 6.09 Å². The van der Waals surface area contributed by atoms with Crippen molar-refractivity contribution in [3.63, 3.8) is 0 Å².